The number of aliphatic hydroxyl groups is 1. The van der Waals surface area contributed by atoms with Gasteiger partial charge in [0.25, 0.3) is 0 Å². The summed E-state index contributed by atoms with van der Waals surface area (Å²) in [6.45, 7) is 7.64. The molecule has 0 amide bonds. The highest BCUT2D eigenvalue weighted by atomic mass is 35.5. The van der Waals surface area contributed by atoms with Gasteiger partial charge in [-0.05, 0) is 29.6 Å². The van der Waals surface area contributed by atoms with Gasteiger partial charge in [0.1, 0.15) is 6.33 Å². The predicted molar refractivity (Wildman–Crippen MR) is 79.8 cm³/mol. The Morgan fingerprint density at radius 3 is 2.81 bits per heavy atom. The van der Waals surface area contributed by atoms with E-state index in [0.717, 1.165) is 12.8 Å². The Labute approximate surface area is 128 Å². The first-order valence-corrected chi connectivity index (χ1v) is 7.57. The predicted octanol–water partition coefficient (Wildman–Crippen LogP) is 2.31. The van der Waals surface area contributed by atoms with Crippen molar-refractivity contribution < 1.29 is 5.11 Å². The summed E-state index contributed by atoms with van der Waals surface area (Å²) in [7, 11) is 0. The highest BCUT2D eigenvalue weighted by Gasteiger charge is 2.51. The summed E-state index contributed by atoms with van der Waals surface area (Å²) in [6.07, 6.45) is 3.51. The number of hydrogen-bond acceptors (Lipinski definition) is 5. The summed E-state index contributed by atoms with van der Waals surface area (Å²) < 4.78 is 1.81. The van der Waals surface area contributed by atoms with Crippen molar-refractivity contribution in [3.05, 3.63) is 11.5 Å². The Kier molecular flexibility index (Phi) is 3.41. The van der Waals surface area contributed by atoms with Crippen LogP contribution >= 0.6 is 11.6 Å². The Morgan fingerprint density at radius 1 is 1.38 bits per heavy atom. The number of nitrogens with zero attached hydrogens (tertiary/aromatic N) is 5. The lowest BCUT2D eigenvalue weighted by Gasteiger charge is -2.41. The number of halogens is 1. The van der Waals surface area contributed by atoms with Gasteiger partial charge in [0.15, 0.2) is 16.3 Å². The fraction of sp³-hybridized carbons (Fsp3) is 0.714. The minimum atomic E-state index is 0.0247. The maximum Gasteiger partial charge on any atom is 0.183 e. The molecule has 0 unspecified atom stereocenters. The number of aromatic nitrogens is 5. The molecule has 114 valence electrons. The molecule has 0 aromatic carbocycles. The molecule has 0 saturated heterocycles. The zero-order valence-corrected chi connectivity index (χ0v) is 13.3. The molecule has 2 aromatic heterocycles. The van der Waals surface area contributed by atoms with Crippen molar-refractivity contribution in [1.82, 2.24) is 25.0 Å². The average molecular weight is 310 g/mol. The molecular formula is C14H20ClN5O. The Bertz CT molecular complexity index is 670. The van der Waals surface area contributed by atoms with Gasteiger partial charge in [-0.15, -0.1) is 5.10 Å². The van der Waals surface area contributed by atoms with Gasteiger partial charge in [-0.1, -0.05) is 37.6 Å². The number of aliphatic hydroxyl groups excluding tert-OH is 1. The molecule has 2 atom stereocenters. The van der Waals surface area contributed by atoms with E-state index in [1.807, 2.05) is 4.68 Å². The molecule has 1 fully saturated rings. The molecule has 0 spiro atoms. The zero-order chi connectivity index (χ0) is 15.3. The van der Waals surface area contributed by atoms with E-state index < -0.39 is 0 Å². The monoisotopic (exact) mass is 309 g/mol. The van der Waals surface area contributed by atoms with Crippen LogP contribution in [0.5, 0.6) is 0 Å². The van der Waals surface area contributed by atoms with Crippen LogP contribution in [-0.2, 0) is 6.54 Å². The minimum Gasteiger partial charge on any atom is -0.396 e. The van der Waals surface area contributed by atoms with E-state index in [2.05, 4.69) is 41.1 Å². The second kappa shape index (κ2) is 4.88. The van der Waals surface area contributed by atoms with Crippen LogP contribution in [0.1, 0.15) is 33.6 Å². The highest BCUT2D eigenvalue weighted by Crippen LogP contribution is 2.56. The van der Waals surface area contributed by atoms with Gasteiger partial charge in [-0.3, -0.25) is 0 Å². The van der Waals surface area contributed by atoms with E-state index in [1.165, 1.54) is 6.33 Å². The van der Waals surface area contributed by atoms with E-state index in [0.29, 0.717) is 28.8 Å². The van der Waals surface area contributed by atoms with Crippen molar-refractivity contribution in [2.24, 2.45) is 16.7 Å². The summed E-state index contributed by atoms with van der Waals surface area (Å²) >= 11 is 6.02. The molecule has 7 heteroatoms. The third-order valence-corrected chi connectivity index (χ3v) is 5.87. The first-order chi connectivity index (χ1) is 9.89. The van der Waals surface area contributed by atoms with Crippen LogP contribution in [-0.4, -0.2) is 36.7 Å². The van der Waals surface area contributed by atoms with Gasteiger partial charge in [0, 0.05) is 6.61 Å². The fourth-order valence-corrected chi connectivity index (χ4v) is 3.64. The molecule has 1 N–H and O–H groups in total. The van der Waals surface area contributed by atoms with E-state index in [4.69, 9.17) is 11.6 Å². The molecule has 1 aliphatic rings. The first-order valence-electron chi connectivity index (χ1n) is 7.19. The number of hydrogen-bond donors (Lipinski definition) is 1. The van der Waals surface area contributed by atoms with E-state index in [-0.39, 0.29) is 17.4 Å². The van der Waals surface area contributed by atoms with Crippen molar-refractivity contribution in [1.29, 1.82) is 0 Å². The SMILES string of the molecule is CC1(C)[C@@H](CO)CC[C@@]1(C)Cn1nnc2c(Cl)ncnc21. The molecule has 2 heterocycles. The normalized spacial score (nSPS) is 28.3. The smallest absolute Gasteiger partial charge is 0.183 e. The summed E-state index contributed by atoms with van der Waals surface area (Å²) in [5.41, 5.74) is 1.26. The van der Waals surface area contributed by atoms with Crippen LogP contribution in [0.25, 0.3) is 11.2 Å². The molecule has 6 nitrogen and oxygen atoms in total. The van der Waals surface area contributed by atoms with Crippen LogP contribution in [0, 0.1) is 16.7 Å². The molecule has 2 aromatic rings. The van der Waals surface area contributed by atoms with Crippen LogP contribution in [0.3, 0.4) is 0 Å². The van der Waals surface area contributed by atoms with Gasteiger partial charge >= 0.3 is 0 Å². The van der Waals surface area contributed by atoms with Crippen LogP contribution in [0.4, 0.5) is 0 Å². The van der Waals surface area contributed by atoms with Gasteiger partial charge in [-0.25, -0.2) is 14.6 Å². The quantitative estimate of drug-likeness (QED) is 0.880. The Balaban J connectivity index is 1.97. The lowest BCUT2D eigenvalue weighted by Crippen LogP contribution is -2.39. The number of rotatable bonds is 3. The van der Waals surface area contributed by atoms with Gasteiger partial charge in [-0.2, -0.15) is 0 Å². The fourth-order valence-electron chi connectivity index (χ4n) is 3.47. The summed E-state index contributed by atoms with van der Waals surface area (Å²) in [4.78, 5) is 8.18. The van der Waals surface area contributed by atoms with E-state index in [1.54, 1.807) is 0 Å². The van der Waals surface area contributed by atoms with Gasteiger partial charge in [0.05, 0.1) is 6.54 Å². The van der Waals surface area contributed by atoms with Gasteiger partial charge in [0.2, 0.25) is 0 Å². The van der Waals surface area contributed by atoms with E-state index in [9.17, 15) is 5.11 Å². The van der Waals surface area contributed by atoms with Crippen molar-refractivity contribution in [3.63, 3.8) is 0 Å². The topological polar surface area (TPSA) is 76.7 Å². The van der Waals surface area contributed by atoms with Crippen molar-refractivity contribution in [2.75, 3.05) is 6.61 Å². The lowest BCUT2D eigenvalue weighted by molar-refractivity contribution is 0.0405. The summed E-state index contributed by atoms with van der Waals surface area (Å²) in [5.74, 6) is 0.315. The first kappa shape index (κ1) is 14.7. The summed E-state index contributed by atoms with van der Waals surface area (Å²) in [5, 5.41) is 18.2. The Hall–Kier alpha value is -1.27. The maximum absolute atomic E-state index is 9.60. The second-order valence-corrected chi connectivity index (χ2v) is 7.14. The van der Waals surface area contributed by atoms with Crippen molar-refractivity contribution in [3.8, 4) is 0 Å². The van der Waals surface area contributed by atoms with Crippen LogP contribution in [0.15, 0.2) is 6.33 Å². The minimum absolute atomic E-state index is 0.0247. The molecule has 21 heavy (non-hydrogen) atoms. The van der Waals surface area contributed by atoms with Crippen molar-refractivity contribution >= 4 is 22.8 Å². The highest BCUT2D eigenvalue weighted by molar-refractivity contribution is 6.33. The van der Waals surface area contributed by atoms with Crippen LogP contribution < -0.4 is 0 Å². The molecular weight excluding hydrogens is 290 g/mol. The summed E-state index contributed by atoms with van der Waals surface area (Å²) in [6, 6.07) is 0. The molecule has 0 bridgehead atoms. The molecule has 1 saturated carbocycles. The standard InChI is InChI=1S/C14H20ClN5O/c1-13(2)9(6-21)4-5-14(13,3)7-20-12-10(18-19-20)11(15)16-8-17-12/h8-9,21H,4-7H2,1-3H3/t9-,14+/m1/s1. The molecule has 0 radical (unpaired) electrons. The molecule has 1 aliphatic carbocycles. The van der Waals surface area contributed by atoms with Crippen molar-refractivity contribution in [2.45, 2.75) is 40.2 Å². The Morgan fingerprint density at radius 2 is 2.14 bits per heavy atom. The van der Waals surface area contributed by atoms with Crippen LogP contribution in [0.2, 0.25) is 5.15 Å². The second-order valence-electron chi connectivity index (χ2n) is 6.78. The third-order valence-electron chi connectivity index (χ3n) is 5.60. The lowest BCUT2D eigenvalue weighted by atomic mass is 9.66. The van der Waals surface area contributed by atoms with Gasteiger partial charge < -0.3 is 5.11 Å². The molecule has 3 rings (SSSR count). The molecule has 0 aliphatic heterocycles. The largest absolute Gasteiger partial charge is 0.396 e. The van der Waals surface area contributed by atoms with E-state index >= 15 is 0 Å². The number of fused-ring (bicyclic) bond motifs is 1. The zero-order valence-electron chi connectivity index (χ0n) is 12.5. The average Bonchev–Trinajstić information content (AvgIpc) is 2.92. The maximum atomic E-state index is 9.60. The third kappa shape index (κ3) is 2.12.